The lowest BCUT2D eigenvalue weighted by Gasteiger charge is -2.15. The molecule has 1 aliphatic rings. The molecule has 0 spiro atoms. The van der Waals surface area contributed by atoms with E-state index in [0.29, 0.717) is 35.8 Å². The van der Waals surface area contributed by atoms with Crippen LogP contribution >= 0.6 is 0 Å². The average Bonchev–Trinajstić information content (AvgIpc) is 3.36. The smallest absolute Gasteiger partial charge is 0.338 e. The van der Waals surface area contributed by atoms with Crippen LogP contribution in [0.4, 0.5) is 5.69 Å². The first-order chi connectivity index (χ1) is 15.4. The summed E-state index contributed by atoms with van der Waals surface area (Å²) < 4.78 is 7.95. The highest BCUT2D eigenvalue weighted by Crippen LogP contribution is 2.19. The molecular weight excluding hydrogens is 410 g/mol. The second-order valence-electron chi connectivity index (χ2n) is 7.77. The molecule has 0 aliphatic heterocycles. The van der Waals surface area contributed by atoms with Gasteiger partial charge in [0.2, 0.25) is 11.9 Å². The maximum absolute atomic E-state index is 13.2. The lowest BCUT2D eigenvalue weighted by molar-refractivity contribution is -0.116. The largest absolute Gasteiger partial charge is 0.462 e. The zero-order chi connectivity index (χ0) is 22.8. The Hall–Kier alpha value is -3.75. The number of nitrogens with zero attached hydrogens (tertiary/aromatic N) is 4. The van der Waals surface area contributed by atoms with Crippen molar-refractivity contribution in [1.29, 1.82) is 0 Å². The maximum atomic E-state index is 13.2. The molecule has 9 nitrogen and oxygen atoms in total. The Bertz CT molecular complexity index is 1240. The molecule has 1 aromatic carbocycles. The van der Waals surface area contributed by atoms with Gasteiger partial charge in [0, 0.05) is 16.9 Å². The lowest BCUT2D eigenvalue weighted by Crippen LogP contribution is -2.34. The molecule has 4 rings (SSSR count). The van der Waals surface area contributed by atoms with Crippen LogP contribution in [0.2, 0.25) is 0 Å². The molecule has 166 valence electrons. The first-order valence-corrected chi connectivity index (χ1v) is 10.6. The van der Waals surface area contributed by atoms with Crippen LogP contribution in [-0.2, 0) is 28.9 Å². The van der Waals surface area contributed by atoms with E-state index in [9.17, 15) is 14.4 Å². The van der Waals surface area contributed by atoms with Crippen LogP contribution in [0.25, 0.3) is 5.95 Å². The van der Waals surface area contributed by atoms with Crippen molar-refractivity contribution in [3.63, 3.8) is 0 Å². The van der Waals surface area contributed by atoms with Crippen molar-refractivity contribution < 1.29 is 14.3 Å². The number of amides is 1. The molecule has 1 aliphatic carbocycles. The molecule has 2 heterocycles. The summed E-state index contributed by atoms with van der Waals surface area (Å²) in [6.07, 6.45) is 2.28. The monoisotopic (exact) mass is 435 g/mol. The third kappa shape index (κ3) is 4.18. The minimum absolute atomic E-state index is 0.202. The molecule has 2 aromatic heterocycles. The summed E-state index contributed by atoms with van der Waals surface area (Å²) >= 11 is 0. The third-order valence-corrected chi connectivity index (χ3v) is 5.35. The van der Waals surface area contributed by atoms with Crippen molar-refractivity contribution in [2.24, 2.45) is 0 Å². The van der Waals surface area contributed by atoms with Crippen LogP contribution in [0.15, 0.2) is 35.1 Å². The quantitative estimate of drug-likeness (QED) is 0.596. The molecule has 3 aromatic rings. The fourth-order valence-electron chi connectivity index (χ4n) is 3.90. The number of benzene rings is 1. The Balaban J connectivity index is 1.61. The van der Waals surface area contributed by atoms with Crippen molar-refractivity contribution in [3.05, 3.63) is 68.9 Å². The SMILES string of the molecule is CCOC(=O)c1ccc(NC(=O)Cn2c(-n3nc(C)cc3C)nc3c(c2=O)CCC3)cc1. The van der Waals surface area contributed by atoms with Gasteiger partial charge >= 0.3 is 5.97 Å². The predicted octanol–water partition coefficient (Wildman–Crippen LogP) is 2.35. The van der Waals surface area contributed by atoms with Crippen molar-refractivity contribution in [2.45, 2.75) is 46.6 Å². The van der Waals surface area contributed by atoms with Crippen molar-refractivity contribution in [1.82, 2.24) is 19.3 Å². The minimum Gasteiger partial charge on any atom is -0.462 e. The standard InChI is InChI=1S/C23H25N5O4/c1-4-32-22(31)16-8-10-17(11-9-16)24-20(29)13-27-21(30)18-6-5-7-19(18)25-23(27)28-15(3)12-14(2)26-28/h8-12H,4-7,13H2,1-3H3,(H,24,29). The molecule has 1 N–H and O–H groups in total. The normalized spacial score (nSPS) is 12.5. The van der Waals surface area contributed by atoms with E-state index in [1.807, 2.05) is 19.9 Å². The highest BCUT2D eigenvalue weighted by Gasteiger charge is 2.24. The highest BCUT2D eigenvalue weighted by molar-refractivity contribution is 5.93. The number of carbonyl (C=O) groups excluding carboxylic acids is 2. The molecule has 32 heavy (non-hydrogen) atoms. The van der Waals surface area contributed by atoms with E-state index in [2.05, 4.69) is 10.4 Å². The summed E-state index contributed by atoms with van der Waals surface area (Å²) in [6.45, 7) is 5.58. The first kappa shape index (κ1) is 21.5. The van der Waals surface area contributed by atoms with Gasteiger partial charge in [-0.3, -0.25) is 14.2 Å². The Kier molecular flexibility index (Phi) is 5.89. The van der Waals surface area contributed by atoms with Gasteiger partial charge < -0.3 is 10.1 Å². The van der Waals surface area contributed by atoms with Gasteiger partial charge in [-0.15, -0.1) is 0 Å². The van der Waals surface area contributed by atoms with Gasteiger partial charge in [0.15, 0.2) is 0 Å². The molecule has 0 saturated heterocycles. The topological polar surface area (TPSA) is 108 Å². The summed E-state index contributed by atoms with van der Waals surface area (Å²) in [6, 6.07) is 8.30. The van der Waals surface area contributed by atoms with E-state index in [-0.39, 0.29) is 18.0 Å². The number of carbonyl (C=O) groups is 2. The number of rotatable bonds is 6. The fraction of sp³-hybridized carbons (Fsp3) is 0.348. The van der Waals surface area contributed by atoms with Gasteiger partial charge in [-0.05, 0) is 70.4 Å². The molecule has 1 amide bonds. The Morgan fingerprint density at radius 2 is 1.91 bits per heavy atom. The summed E-state index contributed by atoms with van der Waals surface area (Å²) in [5.41, 5.74) is 3.79. The van der Waals surface area contributed by atoms with Gasteiger partial charge in [-0.2, -0.15) is 5.10 Å². The van der Waals surface area contributed by atoms with E-state index in [0.717, 1.165) is 29.9 Å². The van der Waals surface area contributed by atoms with Crippen molar-refractivity contribution in [2.75, 3.05) is 11.9 Å². The second-order valence-corrected chi connectivity index (χ2v) is 7.77. The van der Waals surface area contributed by atoms with E-state index < -0.39 is 5.97 Å². The minimum atomic E-state index is -0.421. The molecule has 0 atom stereocenters. The average molecular weight is 435 g/mol. The lowest BCUT2D eigenvalue weighted by atomic mass is 10.2. The van der Waals surface area contributed by atoms with Gasteiger partial charge in [-0.1, -0.05) is 0 Å². The summed E-state index contributed by atoms with van der Waals surface area (Å²) in [4.78, 5) is 42.5. The number of anilines is 1. The molecule has 0 saturated carbocycles. The van der Waals surface area contributed by atoms with E-state index in [1.54, 1.807) is 35.9 Å². The molecule has 0 fully saturated rings. The van der Waals surface area contributed by atoms with E-state index >= 15 is 0 Å². The molecule has 0 bridgehead atoms. The zero-order valence-corrected chi connectivity index (χ0v) is 18.3. The van der Waals surface area contributed by atoms with Crippen LogP contribution in [0.5, 0.6) is 0 Å². The van der Waals surface area contributed by atoms with Crippen molar-refractivity contribution >= 4 is 17.6 Å². The number of fused-ring (bicyclic) bond motifs is 1. The molecular formula is C23H25N5O4. The summed E-state index contributed by atoms with van der Waals surface area (Å²) in [7, 11) is 0. The third-order valence-electron chi connectivity index (χ3n) is 5.35. The van der Waals surface area contributed by atoms with Gasteiger partial charge in [0.05, 0.1) is 23.6 Å². The number of ether oxygens (including phenoxy) is 1. The van der Waals surface area contributed by atoms with E-state index in [4.69, 9.17) is 9.72 Å². The van der Waals surface area contributed by atoms with Gasteiger partial charge in [-0.25, -0.2) is 14.5 Å². The maximum Gasteiger partial charge on any atom is 0.338 e. The van der Waals surface area contributed by atoms with Crippen LogP contribution < -0.4 is 10.9 Å². The number of esters is 1. The van der Waals surface area contributed by atoms with Crippen LogP contribution in [0.1, 0.15) is 46.3 Å². The number of nitrogens with one attached hydrogen (secondary N) is 1. The van der Waals surface area contributed by atoms with Crippen LogP contribution in [-0.4, -0.2) is 37.8 Å². The molecule has 0 radical (unpaired) electrons. The fourth-order valence-corrected chi connectivity index (χ4v) is 3.90. The van der Waals surface area contributed by atoms with E-state index in [1.165, 1.54) is 4.57 Å². The number of hydrogen-bond acceptors (Lipinski definition) is 6. The number of hydrogen-bond donors (Lipinski definition) is 1. The van der Waals surface area contributed by atoms with Crippen molar-refractivity contribution in [3.8, 4) is 5.95 Å². The molecule has 9 heteroatoms. The summed E-state index contributed by atoms with van der Waals surface area (Å²) in [5.74, 6) is -0.455. The Morgan fingerprint density at radius 3 is 2.56 bits per heavy atom. The predicted molar refractivity (Wildman–Crippen MR) is 118 cm³/mol. The van der Waals surface area contributed by atoms with Crippen LogP contribution in [0, 0.1) is 13.8 Å². The number of aromatic nitrogens is 4. The Morgan fingerprint density at radius 1 is 1.16 bits per heavy atom. The summed E-state index contributed by atoms with van der Waals surface area (Å²) in [5, 5.41) is 7.23. The second kappa shape index (κ2) is 8.78. The van der Waals surface area contributed by atoms with Gasteiger partial charge in [0.25, 0.3) is 5.56 Å². The zero-order valence-electron chi connectivity index (χ0n) is 18.3. The Labute approximate surface area is 185 Å². The molecule has 0 unspecified atom stereocenters. The van der Waals surface area contributed by atoms with Crippen LogP contribution in [0.3, 0.4) is 0 Å². The highest BCUT2D eigenvalue weighted by atomic mass is 16.5. The first-order valence-electron chi connectivity index (χ1n) is 10.6. The van der Waals surface area contributed by atoms with Gasteiger partial charge in [0.1, 0.15) is 6.54 Å². The number of aryl methyl sites for hydroxylation is 3.